The molecule has 0 amide bonds. The average Bonchev–Trinajstić information content (AvgIpc) is 2.69. The van der Waals surface area contributed by atoms with Crippen molar-refractivity contribution in [1.82, 2.24) is 10.3 Å². The van der Waals surface area contributed by atoms with Crippen LogP contribution in [0.2, 0.25) is 0 Å². The first-order valence-corrected chi connectivity index (χ1v) is 7.51. The Morgan fingerprint density at radius 2 is 1.96 bits per heavy atom. The number of carbonyl (C=O) groups is 1. The summed E-state index contributed by atoms with van der Waals surface area (Å²) in [5, 5.41) is 3.06. The van der Waals surface area contributed by atoms with Crippen molar-refractivity contribution in [3.05, 3.63) is 34.8 Å². The monoisotopic (exact) mass is 320 g/mol. The van der Waals surface area contributed by atoms with Crippen LogP contribution in [0.1, 0.15) is 43.7 Å². The van der Waals surface area contributed by atoms with E-state index >= 15 is 0 Å². The van der Waals surface area contributed by atoms with Crippen molar-refractivity contribution in [3.8, 4) is 0 Å². The van der Waals surface area contributed by atoms with Crippen molar-refractivity contribution in [2.24, 2.45) is 0 Å². The fourth-order valence-electron chi connectivity index (χ4n) is 2.23. The van der Waals surface area contributed by atoms with Gasteiger partial charge >= 0.3 is 7.12 Å². The normalized spacial score (nSPS) is 19.9. The highest BCUT2D eigenvalue weighted by atomic mass is 19.1. The summed E-state index contributed by atoms with van der Waals surface area (Å²) in [5.74, 6) is -0.636. The first-order valence-electron chi connectivity index (χ1n) is 7.51. The highest BCUT2D eigenvalue weighted by molar-refractivity contribution is 6.55. The summed E-state index contributed by atoms with van der Waals surface area (Å²) in [6, 6.07) is 1.41. The van der Waals surface area contributed by atoms with Gasteiger partial charge in [-0.2, -0.15) is 0 Å². The van der Waals surface area contributed by atoms with Crippen LogP contribution in [0, 0.1) is 5.82 Å². The lowest BCUT2D eigenvalue weighted by Gasteiger charge is -2.32. The topological polar surface area (TPSA) is 60.5 Å². The number of hydrogen-bond acceptors (Lipinski definition) is 5. The molecule has 1 aliphatic rings. The van der Waals surface area contributed by atoms with E-state index in [0.717, 1.165) is 11.7 Å². The quantitative estimate of drug-likeness (QED) is 0.666. The minimum atomic E-state index is -0.636. The number of halogens is 1. The van der Waals surface area contributed by atoms with Crippen molar-refractivity contribution >= 4 is 19.5 Å². The van der Waals surface area contributed by atoms with Gasteiger partial charge in [-0.1, -0.05) is 0 Å². The van der Waals surface area contributed by atoms with E-state index < -0.39 is 24.1 Å². The molecule has 0 atom stereocenters. The van der Waals surface area contributed by atoms with Gasteiger partial charge in [0.2, 0.25) is 0 Å². The molecule has 1 saturated heterocycles. The number of carbonyl (C=O) groups excluding carboxylic acids is 1. The fraction of sp³-hybridized carbons (Fsp3) is 0.500. The number of likely N-dealkylation sites (N-methyl/N-ethyl adjacent to an activating group) is 1. The molecule has 0 aromatic carbocycles. The summed E-state index contributed by atoms with van der Waals surface area (Å²) in [7, 11) is 1.28. The maximum atomic E-state index is 13.4. The predicted octanol–water partition coefficient (Wildman–Crippen LogP) is 2.27. The second kappa shape index (κ2) is 6.51. The van der Waals surface area contributed by atoms with Crippen LogP contribution in [0.5, 0.6) is 0 Å². The third-order valence-electron chi connectivity index (χ3n) is 4.30. The van der Waals surface area contributed by atoms with E-state index in [1.54, 1.807) is 6.08 Å². The molecular weight excluding hydrogens is 298 g/mol. The summed E-state index contributed by atoms with van der Waals surface area (Å²) >= 11 is 0. The summed E-state index contributed by atoms with van der Waals surface area (Å²) < 4.78 is 25.4. The maximum Gasteiger partial charge on any atom is 0.491 e. The van der Waals surface area contributed by atoms with Gasteiger partial charge in [-0.05, 0) is 52.4 Å². The Labute approximate surface area is 136 Å². The number of hydrogen-bond donors (Lipinski definition) is 1. The molecule has 23 heavy (non-hydrogen) atoms. The standard InChI is InChI=1S/C16H22BFN2O3/c1-15(2)16(3,4)23-17(22-15)12(8-19-5)7-13-6-11(10-21)14(18)9-20-13/h6-7,9-10,19H,8H2,1-5H3. The molecule has 5 nitrogen and oxygen atoms in total. The molecule has 2 rings (SSSR count). The summed E-state index contributed by atoms with van der Waals surface area (Å²) in [6.07, 6.45) is 3.27. The van der Waals surface area contributed by atoms with E-state index in [-0.39, 0.29) is 5.56 Å². The van der Waals surface area contributed by atoms with Gasteiger partial charge in [0.15, 0.2) is 12.1 Å². The molecule has 7 heteroatoms. The molecular formula is C16H22BFN2O3. The molecule has 1 aromatic rings. The molecule has 0 unspecified atom stereocenters. The highest BCUT2D eigenvalue weighted by Gasteiger charge is 2.52. The minimum absolute atomic E-state index is 0.0241. The molecule has 0 bridgehead atoms. The number of rotatable bonds is 5. The van der Waals surface area contributed by atoms with Gasteiger partial charge in [-0.25, -0.2) is 4.39 Å². The Kier molecular flexibility index (Phi) is 5.03. The van der Waals surface area contributed by atoms with E-state index in [1.165, 1.54) is 6.07 Å². The Morgan fingerprint density at radius 1 is 1.35 bits per heavy atom. The maximum absolute atomic E-state index is 13.4. The molecule has 0 spiro atoms. The van der Waals surface area contributed by atoms with Crippen LogP contribution in [0.3, 0.4) is 0 Å². The number of aldehydes is 1. The highest BCUT2D eigenvalue weighted by Crippen LogP contribution is 2.38. The second-order valence-corrected chi connectivity index (χ2v) is 6.59. The molecule has 1 aliphatic heterocycles. The van der Waals surface area contributed by atoms with Crippen LogP contribution < -0.4 is 5.32 Å². The van der Waals surface area contributed by atoms with Crippen molar-refractivity contribution < 1.29 is 18.5 Å². The molecule has 1 aromatic heterocycles. The van der Waals surface area contributed by atoms with Crippen molar-refractivity contribution in [3.63, 3.8) is 0 Å². The molecule has 1 N–H and O–H groups in total. The fourth-order valence-corrected chi connectivity index (χ4v) is 2.23. The summed E-state index contributed by atoms with van der Waals surface area (Å²) in [6.45, 7) is 8.43. The van der Waals surface area contributed by atoms with Gasteiger partial charge in [-0.15, -0.1) is 0 Å². The average molecular weight is 320 g/mol. The number of nitrogens with zero attached hydrogens (tertiary/aromatic N) is 1. The molecule has 0 aliphatic carbocycles. The number of aromatic nitrogens is 1. The van der Waals surface area contributed by atoms with E-state index in [9.17, 15) is 9.18 Å². The van der Waals surface area contributed by atoms with Crippen LogP contribution in [-0.4, -0.2) is 43.2 Å². The zero-order valence-corrected chi connectivity index (χ0v) is 14.1. The van der Waals surface area contributed by atoms with Gasteiger partial charge in [0.1, 0.15) is 0 Å². The lowest BCUT2D eigenvalue weighted by atomic mass is 9.77. The summed E-state index contributed by atoms with van der Waals surface area (Å²) in [4.78, 5) is 14.9. The Balaban J connectivity index is 2.34. The zero-order chi connectivity index (χ0) is 17.3. The van der Waals surface area contributed by atoms with Crippen LogP contribution in [0.15, 0.2) is 17.7 Å². The molecule has 2 heterocycles. The van der Waals surface area contributed by atoms with Crippen molar-refractivity contribution in [2.75, 3.05) is 13.6 Å². The lowest BCUT2D eigenvalue weighted by molar-refractivity contribution is 0.00578. The van der Waals surface area contributed by atoms with E-state index in [0.29, 0.717) is 18.5 Å². The third-order valence-corrected chi connectivity index (χ3v) is 4.30. The summed E-state index contributed by atoms with van der Waals surface area (Å²) in [5.41, 5.74) is 0.378. The molecule has 0 radical (unpaired) electrons. The number of pyridine rings is 1. The Morgan fingerprint density at radius 3 is 2.48 bits per heavy atom. The van der Waals surface area contributed by atoms with Gasteiger partial charge in [0, 0.05) is 6.54 Å². The van der Waals surface area contributed by atoms with Gasteiger partial charge in [0.05, 0.1) is 28.7 Å². The van der Waals surface area contributed by atoms with Crippen LogP contribution in [0.25, 0.3) is 6.08 Å². The van der Waals surface area contributed by atoms with E-state index in [1.807, 2.05) is 34.7 Å². The van der Waals surface area contributed by atoms with Crippen LogP contribution in [0.4, 0.5) is 4.39 Å². The second-order valence-electron chi connectivity index (χ2n) is 6.59. The molecule has 1 fully saturated rings. The van der Waals surface area contributed by atoms with Gasteiger partial charge < -0.3 is 14.6 Å². The van der Waals surface area contributed by atoms with Crippen molar-refractivity contribution in [1.29, 1.82) is 0 Å². The largest absolute Gasteiger partial charge is 0.491 e. The minimum Gasteiger partial charge on any atom is -0.400 e. The number of nitrogens with one attached hydrogen (secondary N) is 1. The van der Waals surface area contributed by atoms with E-state index in [4.69, 9.17) is 9.31 Å². The lowest BCUT2D eigenvalue weighted by Crippen LogP contribution is -2.41. The molecule has 0 saturated carbocycles. The SMILES string of the molecule is CNCC(=Cc1cc(C=O)c(F)cn1)B1OC(C)(C)C(C)(C)O1. The smallest absolute Gasteiger partial charge is 0.400 e. The Bertz CT molecular complexity index is 616. The van der Waals surface area contributed by atoms with Gasteiger partial charge in [0.25, 0.3) is 0 Å². The first-order chi connectivity index (χ1) is 10.7. The first kappa shape index (κ1) is 17.8. The third kappa shape index (κ3) is 3.68. The predicted molar refractivity (Wildman–Crippen MR) is 87.6 cm³/mol. The Hall–Kier alpha value is -1.57. The van der Waals surface area contributed by atoms with E-state index in [2.05, 4.69) is 10.3 Å². The van der Waals surface area contributed by atoms with Crippen LogP contribution >= 0.6 is 0 Å². The molecule has 124 valence electrons. The zero-order valence-electron chi connectivity index (χ0n) is 14.1. The van der Waals surface area contributed by atoms with Crippen LogP contribution in [-0.2, 0) is 9.31 Å². The van der Waals surface area contributed by atoms with Crippen molar-refractivity contribution in [2.45, 2.75) is 38.9 Å². The van der Waals surface area contributed by atoms with Gasteiger partial charge in [-0.3, -0.25) is 9.78 Å².